The number of hydrogen-bond acceptors (Lipinski definition) is 3. The van der Waals surface area contributed by atoms with Gasteiger partial charge in [-0.3, -0.25) is 4.99 Å². The summed E-state index contributed by atoms with van der Waals surface area (Å²) < 4.78 is 14.3. The third-order valence-electron chi connectivity index (χ3n) is 8.80. The van der Waals surface area contributed by atoms with Crippen LogP contribution in [0.1, 0.15) is 142 Å². The molecule has 0 aliphatic rings. The van der Waals surface area contributed by atoms with Gasteiger partial charge in [-0.05, 0) is 79.5 Å². The van der Waals surface area contributed by atoms with Gasteiger partial charge in [0.15, 0.2) is 11.6 Å². The van der Waals surface area contributed by atoms with Crippen molar-refractivity contribution in [1.29, 1.82) is 0 Å². The molecule has 0 aromatic heterocycles. The van der Waals surface area contributed by atoms with E-state index in [1.54, 1.807) is 12.1 Å². The van der Waals surface area contributed by atoms with Crippen LogP contribution in [0.2, 0.25) is 0 Å². The molecule has 45 heavy (non-hydrogen) atoms. The molecule has 1 unspecified atom stereocenters. The molecule has 0 saturated heterocycles. The first kappa shape index (κ1) is 36.5. The number of aromatic hydroxyl groups is 1. The molecule has 0 aliphatic carbocycles. The Morgan fingerprint density at radius 1 is 0.644 bits per heavy atom. The number of aliphatic hydroxyl groups is 1. The van der Waals surface area contributed by atoms with Crippen molar-refractivity contribution >= 4 is 6.21 Å². The zero-order valence-corrected chi connectivity index (χ0v) is 30.4. The molecule has 0 saturated carbocycles. The van der Waals surface area contributed by atoms with E-state index in [-0.39, 0.29) is 33.1 Å². The van der Waals surface area contributed by atoms with Crippen molar-refractivity contribution in [3.63, 3.8) is 0 Å². The van der Waals surface area contributed by atoms with Crippen LogP contribution in [0.25, 0.3) is 0 Å². The Morgan fingerprint density at radius 2 is 1.00 bits per heavy atom. The Hall–Kier alpha value is -2.98. The minimum atomic E-state index is -1.54. The van der Waals surface area contributed by atoms with Crippen molar-refractivity contribution in [2.45, 2.75) is 137 Å². The van der Waals surface area contributed by atoms with Gasteiger partial charge >= 0.3 is 0 Å². The molecule has 2 N–H and O–H groups in total. The van der Waals surface area contributed by atoms with Gasteiger partial charge in [0.25, 0.3) is 0 Å². The Bertz CT molecular complexity index is 1380. The number of aliphatic imine (C=N–C) groups is 1. The molecule has 1 atom stereocenters. The topological polar surface area (TPSA) is 52.8 Å². The van der Waals surface area contributed by atoms with Gasteiger partial charge in [-0.2, -0.15) is 0 Å². The van der Waals surface area contributed by atoms with Crippen LogP contribution in [0, 0.1) is 11.7 Å². The van der Waals surface area contributed by atoms with Crippen molar-refractivity contribution in [2.75, 3.05) is 0 Å². The zero-order valence-electron chi connectivity index (χ0n) is 30.4. The quantitative estimate of drug-likeness (QED) is 0.260. The maximum Gasteiger partial charge on any atom is 0.165 e. The molecule has 0 heterocycles. The summed E-state index contributed by atoms with van der Waals surface area (Å²) in [6, 6.07) is 16.9. The van der Waals surface area contributed by atoms with Crippen molar-refractivity contribution in [3.05, 3.63) is 99.4 Å². The highest BCUT2D eigenvalue weighted by atomic mass is 19.1. The molecule has 3 rings (SSSR count). The van der Waals surface area contributed by atoms with Gasteiger partial charge in [-0.15, -0.1) is 0 Å². The smallest absolute Gasteiger partial charge is 0.165 e. The highest BCUT2D eigenvalue weighted by Crippen LogP contribution is 2.44. The van der Waals surface area contributed by atoms with Crippen molar-refractivity contribution < 1.29 is 14.6 Å². The van der Waals surface area contributed by atoms with Gasteiger partial charge in [-0.1, -0.05) is 139 Å². The predicted molar refractivity (Wildman–Crippen MR) is 190 cm³/mol. The monoisotopic (exact) mass is 615 g/mol. The predicted octanol–water partition coefficient (Wildman–Crippen LogP) is 10.5. The van der Waals surface area contributed by atoms with Crippen LogP contribution in [0.3, 0.4) is 0 Å². The van der Waals surface area contributed by atoms with E-state index >= 15 is 0 Å². The molecular formula is C41H58FNO2. The van der Waals surface area contributed by atoms with Crippen LogP contribution in [0.15, 0.2) is 59.6 Å². The van der Waals surface area contributed by atoms with E-state index < -0.39 is 23.2 Å². The summed E-state index contributed by atoms with van der Waals surface area (Å²) in [7, 11) is 0. The van der Waals surface area contributed by atoms with Crippen LogP contribution < -0.4 is 0 Å². The lowest BCUT2D eigenvalue weighted by molar-refractivity contribution is 0.0448. The van der Waals surface area contributed by atoms with E-state index in [0.717, 1.165) is 33.4 Å². The number of benzene rings is 3. The third-order valence-corrected chi connectivity index (χ3v) is 8.80. The van der Waals surface area contributed by atoms with Gasteiger partial charge in [0.1, 0.15) is 5.60 Å². The summed E-state index contributed by atoms with van der Waals surface area (Å²) in [5.74, 6) is -0.946. The summed E-state index contributed by atoms with van der Waals surface area (Å²) in [5.41, 5.74) is 4.24. The number of phenolic OH excluding ortho intramolecular Hbond substituents is 1. The van der Waals surface area contributed by atoms with E-state index in [1.165, 1.54) is 12.3 Å². The van der Waals surface area contributed by atoms with E-state index in [1.807, 2.05) is 0 Å². The van der Waals surface area contributed by atoms with Crippen LogP contribution >= 0.6 is 0 Å². The highest BCUT2D eigenvalue weighted by molar-refractivity contribution is 5.83. The lowest BCUT2D eigenvalue weighted by Gasteiger charge is -2.39. The first-order valence-electron chi connectivity index (χ1n) is 16.4. The summed E-state index contributed by atoms with van der Waals surface area (Å²) >= 11 is 0. The maximum absolute atomic E-state index is 14.3. The van der Waals surface area contributed by atoms with Gasteiger partial charge in [-0.25, -0.2) is 4.39 Å². The number of halogens is 1. The minimum Gasteiger partial charge on any atom is -0.504 e. The van der Waals surface area contributed by atoms with Crippen LogP contribution in [0.4, 0.5) is 4.39 Å². The number of hydrogen-bond donors (Lipinski definition) is 2. The first-order valence-corrected chi connectivity index (χ1v) is 16.4. The summed E-state index contributed by atoms with van der Waals surface area (Å²) in [6.07, 6.45) is 2.09. The highest BCUT2D eigenvalue weighted by Gasteiger charge is 2.43. The van der Waals surface area contributed by atoms with Crippen molar-refractivity contribution in [1.82, 2.24) is 0 Å². The Balaban J connectivity index is 2.54. The van der Waals surface area contributed by atoms with E-state index in [0.29, 0.717) is 6.42 Å². The second kappa shape index (κ2) is 12.7. The first-order chi connectivity index (χ1) is 20.3. The molecule has 3 nitrogen and oxygen atoms in total. The molecule has 0 amide bonds. The molecule has 3 aromatic carbocycles. The van der Waals surface area contributed by atoms with Gasteiger partial charge < -0.3 is 10.2 Å². The number of nitrogens with zero attached hydrogens (tertiary/aromatic N) is 1. The second-order valence-electron chi connectivity index (χ2n) is 17.5. The van der Waals surface area contributed by atoms with E-state index in [2.05, 4.69) is 133 Å². The Labute approximate surface area is 273 Å². The molecule has 0 aliphatic heterocycles. The third kappa shape index (κ3) is 8.44. The van der Waals surface area contributed by atoms with E-state index in [9.17, 15) is 14.6 Å². The van der Waals surface area contributed by atoms with Gasteiger partial charge in [0.05, 0.1) is 6.04 Å². The van der Waals surface area contributed by atoms with Crippen molar-refractivity contribution in [2.24, 2.45) is 10.9 Å². The fraction of sp³-hybridized carbons (Fsp3) is 0.537. The average Bonchev–Trinajstić information content (AvgIpc) is 2.90. The lowest BCUT2D eigenvalue weighted by Crippen LogP contribution is -2.42. The summed E-state index contributed by atoms with van der Waals surface area (Å²) in [4.78, 5) is 5.03. The molecular weight excluding hydrogens is 557 g/mol. The number of para-hydroxylation sites is 1. The van der Waals surface area contributed by atoms with Gasteiger partial charge in [0, 0.05) is 11.8 Å². The summed E-state index contributed by atoms with van der Waals surface area (Å²) in [6.45, 7) is 30.7. The minimum absolute atomic E-state index is 0.162. The van der Waals surface area contributed by atoms with E-state index in [4.69, 9.17) is 4.99 Å². The second-order valence-corrected chi connectivity index (χ2v) is 17.5. The fourth-order valence-corrected chi connectivity index (χ4v) is 5.57. The van der Waals surface area contributed by atoms with Crippen molar-refractivity contribution in [3.8, 4) is 5.75 Å². The molecule has 3 aromatic rings. The number of rotatable bonds is 7. The van der Waals surface area contributed by atoms with Crippen LogP contribution in [-0.4, -0.2) is 22.5 Å². The Kier molecular flexibility index (Phi) is 10.3. The standard InChI is InChI=1S/C41H58FNO2/c1-26(2)18-35(43-25-27-16-15-17-34(42)36(27)44)41(45,32-21-28(37(3,4)5)19-29(22-32)38(6,7)8)33-23-30(39(9,10)11)20-31(24-33)40(12,13)14/h15-17,19-26,35,44-45H,18H2,1-14H3. The fourth-order valence-electron chi connectivity index (χ4n) is 5.57. The molecule has 0 spiro atoms. The lowest BCUT2D eigenvalue weighted by atomic mass is 9.70. The normalized spacial score (nSPS) is 14.4. The number of phenols is 1. The van der Waals surface area contributed by atoms with Crippen LogP contribution in [-0.2, 0) is 27.3 Å². The maximum atomic E-state index is 14.3. The summed E-state index contributed by atoms with van der Waals surface area (Å²) in [5, 5.41) is 24.1. The molecule has 0 radical (unpaired) electrons. The molecule has 4 heteroatoms. The van der Waals surface area contributed by atoms with Crippen LogP contribution in [0.5, 0.6) is 5.75 Å². The SMILES string of the molecule is CC(C)CC(N=Cc1cccc(F)c1O)C(O)(c1cc(C(C)(C)C)cc(C(C)(C)C)c1)c1cc(C(C)(C)C)cc(C(C)(C)C)c1. The largest absolute Gasteiger partial charge is 0.504 e. The molecule has 246 valence electrons. The molecule has 0 bridgehead atoms. The molecule has 0 fully saturated rings. The Morgan fingerprint density at radius 3 is 1.33 bits per heavy atom. The zero-order chi connectivity index (χ0) is 34.3. The average molecular weight is 616 g/mol. The van der Waals surface area contributed by atoms with Gasteiger partial charge in [0.2, 0.25) is 0 Å².